The summed E-state index contributed by atoms with van der Waals surface area (Å²) in [6.07, 6.45) is 4.26. The van der Waals surface area contributed by atoms with Crippen LogP contribution in [0.4, 0.5) is 0 Å². The van der Waals surface area contributed by atoms with Crippen molar-refractivity contribution in [3.8, 4) is 0 Å². The lowest BCUT2D eigenvalue weighted by Crippen LogP contribution is -2.34. The predicted molar refractivity (Wildman–Crippen MR) is 74.8 cm³/mol. The van der Waals surface area contributed by atoms with Gasteiger partial charge in [0.25, 0.3) is 0 Å². The normalized spacial score (nSPS) is 42.8. The van der Waals surface area contributed by atoms with E-state index in [0.717, 1.165) is 23.3 Å². The lowest BCUT2D eigenvalue weighted by molar-refractivity contribution is -0.143. The lowest BCUT2D eigenvalue weighted by Gasteiger charge is -2.39. The van der Waals surface area contributed by atoms with E-state index < -0.39 is 0 Å². The van der Waals surface area contributed by atoms with Gasteiger partial charge in [-0.3, -0.25) is 4.79 Å². The zero-order valence-electron chi connectivity index (χ0n) is 12.6. The Morgan fingerprint density at radius 3 is 2.95 bits per heavy atom. The number of fused-ring (bicyclic) bond motifs is 4. The first-order valence-electron chi connectivity index (χ1n) is 7.70. The van der Waals surface area contributed by atoms with Crippen molar-refractivity contribution in [1.29, 1.82) is 0 Å². The van der Waals surface area contributed by atoms with E-state index in [4.69, 9.17) is 9.47 Å². The van der Waals surface area contributed by atoms with Crippen molar-refractivity contribution in [3.05, 3.63) is 23.0 Å². The number of hydrogen-bond acceptors (Lipinski definition) is 4. The highest BCUT2D eigenvalue weighted by atomic mass is 16.5. The molecule has 3 aliphatic carbocycles. The Bertz CT molecular complexity index is 614. The van der Waals surface area contributed by atoms with Crippen LogP contribution in [0.25, 0.3) is 0 Å². The highest BCUT2D eigenvalue weighted by Crippen LogP contribution is 2.71. The molecule has 0 spiro atoms. The largest absolute Gasteiger partial charge is 0.466 e. The summed E-state index contributed by atoms with van der Waals surface area (Å²) in [7, 11) is 0. The molecular weight excluding hydrogens is 268 g/mol. The number of carbonyl (C=O) groups is 2. The summed E-state index contributed by atoms with van der Waals surface area (Å²) in [6.45, 7) is 6.11. The fourth-order valence-electron chi connectivity index (χ4n) is 4.90. The number of allylic oxidation sites excluding steroid dienone is 2. The van der Waals surface area contributed by atoms with E-state index in [0.29, 0.717) is 30.3 Å². The second-order valence-electron chi connectivity index (χ2n) is 7.15. The molecule has 2 fully saturated rings. The van der Waals surface area contributed by atoms with Crippen LogP contribution in [0.3, 0.4) is 0 Å². The van der Waals surface area contributed by atoms with Gasteiger partial charge in [-0.15, -0.1) is 0 Å². The van der Waals surface area contributed by atoms with Gasteiger partial charge in [0, 0.05) is 24.0 Å². The van der Waals surface area contributed by atoms with Crippen molar-refractivity contribution in [2.24, 2.45) is 29.1 Å². The van der Waals surface area contributed by atoms with Crippen LogP contribution in [-0.4, -0.2) is 18.5 Å². The molecule has 0 N–H and O–H groups in total. The third-order valence-electron chi connectivity index (χ3n) is 6.11. The van der Waals surface area contributed by atoms with Gasteiger partial charge in [0.05, 0.1) is 6.61 Å². The molecule has 1 heterocycles. The highest BCUT2D eigenvalue weighted by Gasteiger charge is 2.66. The van der Waals surface area contributed by atoms with Crippen LogP contribution in [0.2, 0.25) is 0 Å². The first-order chi connectivity index (χ1) is 9.91. The van der Waals surface area contributed by atoms with Gasteiger partial charge in [0.1, 0.15) is 5.76 Å². The van der Waals surface area contributed by atoms with E-state index >= 15 is 0 Å². The molecule has 0 aromatic carbocycles. The standard InChI is InChI=1S/C17H20O4/c1-8-10-4-14-12(7-20-9(2)18)11-5-13(11)17(14,3)6-15(10)21-16(8)19/h6,11-14H,4-5,7H2,1-3H3/t11-,12-,13-,14+,17-/m1/s1. The molecule has 0 bridgehead atoms. The molecule has 0 amide bonds. The topological polar surface area (TPSA) is 52.6 Å². The van der Waals surface area contributed by atoms with Gasteiger partial charge in [-0.05, 0) is 49.0 Å². The molecular formula is C17H20O4. The Labute approximate surface area is 124 Å². The molecule has 0 aromatic heterocycles. The van der Waals surface area contributed by atoms with Crippen molar-refractivity contribution in [1.82, 2.24) is 0 Å². The Morgan fingerprint density at radius 2 is 2.24 bits per heavy atom. The number of ether oxygens (including phenoxy) is 2. The maximum absolute atomic E-state index is 11.8. The van der Waals surface area contributed by atoms with Crippen LogP contribution in [0.5, 0.6) is 0 Å². The molecule has 21 heavy (non-hydrogen) atoms. The zero-order valence-corrected chi connectivity index (χ0v) is 12.6. The minimum absolute atomic E-state index is 0.0826. The van der Waals surface area contributed by atoms with Crippen molar-refractivity contribution in [3.63, 3.8) is 0 Å². The van der Waals surface area contributed by atoms with Crippen molar-refractivity contribution in [2.75, 3.05) is 6.61 Å². The van der Waals surface area contributed by atoms with Crippen molar-refractivity contribution in [2.45, 2.75) is 33.6 Å². The van der Waals surface area contributed by atoms with E-state index in [1.165, 1.54) is 13.3 Å². The molecule has 4 nitrogen and oxygen atoms in total. The van der Waals surface area contributed by atoms with Gasteiger partial charge < -0.3 is 9.47 Å². The van der Waals surface area contributed by atoms with Crippen LogP contribution in [0.1, 0.15) is 33.6 Å². The van der Waals surface area contributed by atoms with Gasteiger partial charge in [-0.1, -0.05) is 6.92 Å². The van der Waals surface area contributed by atoms with E-state index in [-0.39, 0.29) is 17.4 Å². The fraction of sp³-hybridized carbons (Fsp3) is 0.647. The minimum Gasteiger partial charge on any atom is -0.466 e. The summed E-state index contributed by atoms with van der Waals surface area (Å²) in [5, 5.41) is 0. The molecule has 4 heteroatoms. The average molecular weight is 288 g/mol. The molecule has 4 aliphatic rings. The summed E-state index contributed by atoms with van der Waals surface area (Å²) in [5.74, 6) is 2.55. The summed E-state index contributed by atoms with van der Waals surface area (Å²) in [5.41, 5.74) is 1.89. The van der Waals surface area contributed by atoms with Crippen LogP contribution in [0, 0.1) is 29.1 Å². The second kappa shape index (κ2) is 3.99. The third-order valence-corrected chi connectivity index (χ3v) is 6.11. The van der Waals surface area contributed by atoms with Gasteiger partial charge in [-0.25, -0.2) is 4.79 Å². The number of hydrogen-bond donors (Lipinski definition) is 0. The molecule has 5 atom stereocenters. The second-order valence-corrected chi connectivity index (χ2v) is 7.15. The minimum atomic E-state index is -0.206. The van der Waals surface area contributed by atoms with E-state index in [1.54, 1.807) is 0 Å². The van der Waals surface area contributed by atoms with Crippen LogP contribution < -0.4 is 0 Å². The molecule has 0 unspecified atom stereocenters. The van der Waals surface area contributed by atoms with E-state index in [2.05, 4.69) is 13.0 Å². The van der Waals surface area contributed by atoms with Gasteiger partial charge >= 0.3 is 11.9 Å². The Morgan fingerprint density at radius 1 is 1.48 bits per heavy atom. The third kappa shape index (κ3) is 1.68. The SMILES string of the molecule is CC(=O)OC[C@@H]1[C@H]2C[C@H]2[C@@]2(C)C=C3OC(=O)C(C)=C3C[C@@H]12. The molecule has 1 aliphatic heterocycles. The monoisotopic (exact) mass is 288 g/mol. The first kappa shape index (κ1) is 13.1. The molecule has 2 saturated carbocycles. The Kier molecular flexibility index (Phi) is 2.49. The zero-order chi connectivity index (χ0) is 14.9. The first-order valence-corrected chi connectivity index (χ1v) is 7.70. The summed E-state index contributed by atoms with van der Waals surface area (Å²) < 4.78 is 10.7. The molecule has 0 saturated heterocycles. The average Bonchev–Trinajstić information content (AvgIpc) is 3.11. The smallest absolute Gasteiger partial charge is 0.339 e. The summed E-state index contributed by atoms with van der Waals surface area (Å²) in [6, 6.07) is 0. The Balaban J connectivity index is 1.68. The number of carbonyl (C=O) groups excluding carboxylic acids is 2. The van der Waals surface area contributed by atoms with Crippen molar-refractivity contribution < 1.29 is 19.1 Å². The van der Waals surface area contributed by atoms with Crippen LogP contribution in [0.15, 0.2) is 23.0 Å². The quantitative estimate of drug-likeness (QED) is 0.733. The van der Waals surface area contributed by atoms with Gasteiger partial charge in [0.2, 0.25) is 0 Å². The van der Waals surface area contributed by atoms with Crippen LogP contribution in [-0.2, 0) is 19.1 Å². The molecule has 0 radical (unpaired) electrons. The predicted octanol–water partition coefficient (Wildman–Crippen LogP) is 2.60. The molecule has 4 rings (SSSR count). The summed E-state index contributed by atoms with van der Waals surface area (Å²) in [4.78, 5) is 22.9. The summed E-state index contributed by atoms with van der Waals surface area (Å²) >= 11 is 0. The van der Waals surface area contributed by atoms with Gasteiger partial charge in [0.15, 0.2) is 0 Å². The van der Waals surface area contributed by atoms with E-state index in [1.807, 2.05) is 6.92 Å². The van der Waals surface area contributed by atoms with Crippen LogP contribution >= 0.6 is 0 Å². The lowest BCUT2D eigenvalue weighted by atomic mass is 9.66. The maximum atomic E-state index is 11.8. The number of rotatable bonds is 2. The van der Waals surface area contributed by atoms with Crippen molar-refractivity contribution >= 4 is 11.9 Å². The Hall–Kier alpha value is -1.58. The van der Waals surface area contributed by atoms with Gasteiger partial charge in [-0.2, -0.15) is 0 Å². The fourth-order valence-corrected chi connectivity index (χ4v) is 4.90. The highest BCUT2D eigenvalue weighted by molar-refractivity contribution is 5.94. The maximum Gasteiger partial charge on any atom is 0.339 e. The number of esters is 2. The van der Waals surface area contributed by atoms with E-state index in [9.17, 15) is 9.59 Å². The molecule has 0 aromatic rings. The molecule has 112 valence electrons.